The van der Waals surface area contributed by atoms with Gasteiger partial charge in [0.25, 0.3) is 0 Å². The molecule has 0 aliphatic carbocycles. The van der Waals surface area contributed by atoms with Crippen molar-refractivity contribution in [2.45, 2.75) is 18.6 Å². The van der Waals surface area contributed by atoms with Crippen LogP contribution in [-0.2, 0) is 11.0 Å². The Morgan fingerprint density at radius 2 is 2.09 bits per heavy atom. The molecule has 0 bridgehead atoms. The lowest BCUT2D eigenvalue weighted by Gasteiger charge is -2.23. The number of carbonyl (C=O) groups excluding carboxylic acids is 2. The van der Waals surface area contributed by atoms with Crippen LogP contribution in [0.2, 0.25) is 5.02 Å². The predicted octanol–water partition coefficient (Wildman–Crippen LogP) is 3.05. The molecule has 1 aromatic carbocycles. The van der Waals surface area contributed by atoms with E-state index < -0.39 is 28.8 Å². The quantitative estimate of drug-likeness (QED) is 0.892. The highest BCUT2D eigenvalue weighted by Crippen LogP contribution is 2.36. The highest BCUT2D eigenvalue weighted by atomic mass is 35.5. The summed E-state index contributed by atoms with van der Waals surface area (Å²) in [5.74, 6) is -0.199. The van der Waals surface area contributed by atoms with Crippen LogP contribution in [-0.4, -0.2) is 48.4 Å². The van der Waals surface area contributed by atoms with E-state index >= 15 is 0 Å². The third-order valence-corrected chi connectivity index (χ3v) is 4.04. The molecule has 0 spiro atoms. The van der Waals surface area contributed by atoms with Crippen LogP contribution in [0.1, 0.15) is 12.0 Å². The van der Waals surface area contributed by atoms with Gasteiger partial charge in [0.05, 0.1) is 10.6 Å². The molecule has 3 amide bonds. The molecule has 0 aromatic heterocycles. The van der Waals surface area contributed by atoms with Crippen molar-refractivity contribution < 1.29 is 22.8 Å². The number of hydrogen-bond acceptors (Lipinski definition) is 2. The van der Waals surface area contributed by atoms with Gasteiger partial charge >= 0.3 is 12.2 Å². The largest absolute Gasteiger partial charge is 0.417 e. The summed E-state index contributed by atoms with van der Waals surface area (Å²) < 4.78 is 38.4. The Morgan fingerprint density at radius 1 is 1.43 bits per heavy atom. The number of likely N-dealkylation sites (N-methyl/N-ethyl adjacent to an activating group) is 2. The number of alkyl halides is 3. The van der Waals surface area contributed by atoms with Crippen LogP contribution in [0.3, 0.4) is 0 Å². The zero-order valence-corrected chi connectivity index (χ0v) is 13.2. The number of rotatable bonds is 2. The maximum absolute atomic E-state index is 12.8. The zero-order valence-electron chi connectivity index (χ0n) is 12.4. The molecule has 1 aliphatic rings. The van der Waals surface area contributed by atoms with Crippen LogP contribution >= 0.6 is 11.6 Å². The van der Waals surface area contributed by atoms with E-state index in [2.05, 4.69) is 5.32 Å². The lowest BCUT2D eigenvalue weighted by molar-refractivity contribution is -0.137. The summed E-state index contributed by atoms with van der Waals surface area (Å²) in [6.45, 7) is 0.528. The van der Waals surface area contributed by atoms with Crippen molar-refractivity contribution in [1.82, 2.24) is 9.80 Å². The first-order valence-corrected chi connectivity index (χ1v) is 7.14. The highest BCUT2D eigenvalue weighted by Gasteiger charge is 2.35. The number of carbonyl (C=O) groups is 2. The molecular formula is C14H15ClF3N3O2. The number of amides is 3. The Balaban J connectivity index is 2.13. The summed E-state index contributed by atoms with van der Waals surface area (Å²) in [5, 5.41) is 1.90. The van der Waals surface area contributed by atoms with Gasteiger partial charge in [-0.15, -0.1) is 0 Å². The smallest absolute Gasteiger partial charge is 0.344 e. The van der Waals surface area contributed by atoms with Gasteiger partial charge in [-0.1, -0.05) is 11.6 Å². The van der Waals surface area contributed by atoms with E-state index in [0.717, 1.165) is 12.1 Å². The van der Waals surface area contributed by atoms with Gasteiger partial charge in [0.1, 0.15) is 6.04 Å². The van der Waals surface area contributed by atoms with E-state index in [4.69, 9.17) is 11.6 Å². The zero-order chi connectivity index (χ0) is 17.4. The molecular weight excluding hydrogens is 335 g/mol. The summed E-state index contributed by atoms with van der Waals surface area (Å²) >= 11 is 5.53. The first-order chi connectivity index (χ1) is 10.6. The Kier molecular flexibility index (Phi) is 4.74. The number of likely N-dealkylation sites (tertiary alicyclic amines) is 1. The molecule has 5 nitrogen and oxygen atoms in total. The number of hydrogen-bond donors (Lipinski definition) is 1. The monoisotopic (exact) mass is 349 g/mol. The number of nitrogens with zero attached hydrogens (tertiary/aromatic N) is 2. The summed E-state index contributed by atoms with van der Waals surface area (Å²) in [6.07, 6.45) is -4.14. The Morgan fingerprint density at radius 3 is 2.61 bits per heavy atom. The van der Waals surface area contributed by atoms with Crippen LogP contribution in [0.25, 0.3) is 0 Å². The molecule has 1 fully saturated rings. The van der Waals surface area contributed by atoms with Crippen molar-refractivity contribution in [3.05, 3.63) is 28.8 Å². The minimum Gasteiger partial charge on any atom is -0.344 e. The Hall–Kier alpha value is -1.96. The summed E-state index contributed by atoms with van der Waals surface area (Å²) in [5.41, 5.74) is -1.08. The third-order valence-electron chi connectivity index (χ3n) is 3.71. The van der Waals surface area contributed by atoms with Crippen LogP contribution in [0.5, 0.6) is 0 Å². The molecule has 23 heavy (non-hydrogen) atoms. The molecule has 1 unspecified atom stereocenters. The van der Waals surface area contributed by atoms with Gasteiger partial charge in [-0.25, -0.2) is 4.79 Å². The molecule has 9 heteroatoms. The lowest BCUT2D eigenvalue weighted by atomic mass is 10.2. The van der Waals surface area contributed by atoms with E-state index in [9.17, 15) is 22.8 Å². The minimum absolute atomic E-state index is 0.0441. The van der Waals surface area contributed by atoms with Crippen LogP contribution in [0.15, 0.2) is 18.2 Å². The average Bonchev–Trinajstić information content (AvgIpc) is 2.79. The van der Waals surface area contributed by atoms with Gasteiger partial charge in [0, 0.05) is 26.3 Å². The SMILES string of the molecule is CN1CCC(N(C)C(=O)Nc2ccc(Cl)c(C(F)(F)F)c2)C1=O. The summed E-state index contributed by atoms with van der Waals surface area (Å²) in [7, 11) is 3.06. The van der Waals surface area contributed by atoms with Gasteiger partial charge in [-0.3, -0.25) is 4.79 Å². The molecule has 0 radical (unpaired) electrons. The number of anilines is 1. The predicted molar refractivity (Wildman–Crippen MR) is 79.3 cm³/mol. The van der Waals surface area contributed by atoms with Crippen LogP contribution in [0.4, 0.5) is 23.7 Å². The molecule has 1 heterocycles. The summed E-state index contributed by atoms with van der Waals surface area (Å²) in [6, 6.07) is 1.82. The van der Waals surface area contributed by atoms with E-state index in [1.807, 2.05) is 0 Å². The molecule has 1 aliphatic heterocycles. The fraction of sp³-hybridized carbons (Fsp3) is 0.429. The third kappa shape index (κ3) is 3.69. The topological polar surface area (TPSA) is 52.6 Å². The van der Waals surface area contributed by atoms with E-state index in [1.54, 1.807) is 7.05 Å². The van der Waals surface area contributed by atoms with Crippen molar-refractivity contribution in [2.24, 2.45) is 0 Å². The fourth-order valence-corrected chi connectivity index (χ4v) is 2.56. The van der Waals surface area contributed by atoms with Gasteiger partial charge in [0.15, 0.2) is 0 Å². The maximum atomic E-state index is 12.8. The van der Waals surface area contributed by atoms with Crippen LogP contribution < -0.4 is 5.32 Å². The van der Waals surface area contributed by atoms with E-state index in [0.29, 0.717) is 13.0 Å². The normalized spacial score (nSPS) is 18.3. The molecule has 1 aromatic rings. The van der Waals surface area contributed by atoms with Crippen molar-refractivity contribution in [3.8, 4) is 0 Å². The number of nitrogens with one attached hydrogen (secondary N) is 1. The second-order valence-electron chi connectivity index (χ2n) is 5.30. The van der Waals surface area contributed by atoms with Crippen molar-refractivity contribution in [2.75, 3.05) is 26.0 Å². The van der Waals surface area contributed by atoms with E-state index in [1.165, 1.54) is 22.9 Å². The summed E-state index contributed by atoms with van der Waals surface area (Å²) in [4.78, 5) is 26.7. The first-order valence-electron chi connectivity index (χ1n) is 6.77. The minimum atomic E-state index is -4.62. The second-order valence-corrected chi connectivity index (χ2v) is 5.70. The molecule has 126 valence electrons. The van der Waals surface area contributed by atoms with Crippen LogP contribution in [0, 0.1) is 0 Å². The molecule has 1 saturated heterocycles. The first kappa shape index (κ1) is 17.4. The molecule has 0 saturated carbocycles. The van der Waals surface area contributed by atoms with E-state index in [-0.39, 0.29) is 11.6 Å². The Labute approximate surface area is 136 Å². The highest BCUT2D eigenvalue weighted by molar-refractivity contribution is 6.31. The molecule has 2 rings (SSSR count). The van der Waals surface area contributed by atoms with Crippen molar-refractivity contribution in [1.29, 1.82) is 0 Å². The van der Waals surface area contributed by atoms with Gasteiger partial charge in [-0.05, 0) is 24.6 Å². The molecule has 1 N–H and O–H groups in total. The van der Waals surface area contributed by atoms with Gasteiger partial charge in [-0.2, -0.15) is 13.2 Å². The maximum Gasteiger partial charge on any atom is 0.417 e. The number of halogens is 4. The average molecular weight is 350 g/mol. The van der Waals surface area contributed by atoms with Crippen molar-refractivity contribution in [3.63, 3.8) is 0 Å². The fourth-order valence-electron chi connectivity index (χ4n) is 2.34. The second kappa shape index (κ2) is 6.27. The standard InChI is InChI=1S/C14H15ClF3N3O2/c1-20-6-5-11(12(20)22)21(2)13(23)19-8-3-4-10(15)9(7-8)14(16,17)18/h3-4,7,11H,5-6H2,1-2H3,(H,19,23). The van der Waals surface area contributed by atoms with Crippen molar-refractivity contribution >= 4 is 29.2 Å². The Bertz CT molecular complexity index is 636. The number of benzene rings is 1. The molecule has 1 atom stereocenters. The van der Waals surface area contributed by atoms with Gasteiger partial charge in [0.2, 0.25) is 5.91 Å². The van der Waals surface area contributed by atoms with Gasteiger partial charge < -0.3 is 15.1 Å². The number of urea groups is 1. The lowest BCUT2D eigenvalue weighted by Crippen LogP contribution is -2.44.